The number of nitrogens with one attached hydrogen (secondary N) is 1. The average Bonchev–Trinajstić information content (AvgIpc) is 2.91. The summed E-state index contributed by atoms with van der Waals surface area (Å²) < 4.78 is 6.79. The van der Waals surface area contributed by atoms with E-state index in [0.29, 0.717) is 18.7 Å². The van der Waals surface area contributed by atoms with Crippen LogP contribution in [-0.4, -0.2) is 35.4 Å². The van der Waals surface area contributed by atoms with Crippen LogP contribution < -0.4 is 10.1 Å². The van der Waals surface area contributed by atoms with Crippen molar-refractivity contribution in [2.75, 3.05) is 6.61 Å². The summed E-state index contributed by atoms with van der Waals surface area (Å²) in [5, 5.41) is 3.27. The third-order valence-corrected chi connectivity index (χ3v) is 7.34. The smallest absolute Gasteiger partial charge is 0.261 e. The number of benzene rings is 3. The fraction of sp³-hybridized carbons (Fsp3) is 0.355. The highest BCUT2D eigenvalue weighted by atomic mass is 79.9. The van der Waals surface area contributed by atoms with E-state index in [4.69, 9.17) is 4.74 Å². The highest BCUT2D eigenvalue weighted by molar-refractivity contribution is 9.10. The normalized spacial score (nSPS) is 14.5. The number of ether oxygens (including phenoxy) is 1. The van der Waals surface area contributed by atoms with Gasteiger partial charge in [-0.2, -0.15) is 0 Å². The monoisotopic (exact) mass is 562 g/mol. The summed E-state index contributed by atoms with van der Waals surface area (Å²) in [6.45, 7) is 2.18. The van der Waals surface area contributed by atoms with Gasteiger partial charge >= 0.3 is 0 Å². The minimum atomic E-state index is -0.655. The van der Waals surface area contributed by atoms with Gasteiger partial charge in [-0.05, 0) is 55.2 Å². The molecule has 1 aliphatic rings. The number of amides is 2. The predicted molar refractivity (Wildman–Crippen MR) is 150 cm³/mol. The summed E-state index contributed by atoms with van der Waals surface area (Å²) in [6, 6.07) is 24.9. The number of carbonyl (C=O) groups excluding carboxylic acids is 2. The lowest BCUT2D eigenvalue weighted by Gasteiger charge is -2.33. The van der Waals surface area contributed by atoms with Gasteiger partial charge in [0.15, 0.2) is 6.61 Å². The molecule has 5 nitrogen and oxygen atoms in total. The average molecular weight is 564 g/mol. The molecule has 1 unspecified atom stereocenters. The van der Waals surface area contributed by atoms with Crippen molar-refractivity contribution in [3.8, 4) is 5.75 Å². The Bertz CT molecular complexity index is 1160. The van der Waals surface area contributed by atoms with Crippen molar-refractivity contribution in [1.29, 1.82) is 0 Å². The first-order valence-electron chi connectivity index (χ1n) is 13.1. The van der Waals surface area contributed by atoms with Gasteiger partial charge in [-0.15, -0.1) is 0 Å². The predicted octanol–water partition coefficient (Wildman–Crippen LogP) is 6.23. The Hall–Kier alpha value is -3.12. The van der Waals surface area contributed by atoms with Crippen molar-refractivity contribution >= 4 is 27.7 Å². The van der Waals surface area contributed by atoms with Gasteiger partial charge in [0.2, 0.25) is 5.91 Å². The topological polar surface area (TPSA) is 58.6 Å². The molecule has 3 aromatic carbocycles. The Labute approximate surface area is 228 Å². The van der Waals surface area contributed by atoms with Gasteiger partial charge in [-0.25, -0.2) is 0 Å². The molecule has 0 spiro atoms. The first kappa shape index (κ1) is 26.9. The van der Waals surface area contributed by atoms with Crippen LogP contribution in [0.25, 0.3) is 0 Å². The zero-order chi connectivity index (χ0) is 26.0. The highest BCUT2D eigenvalue weighted by Gasteiger charge is 2.32. The van der Waals surface area contributed by atoms with Gasteiger partial charge < -0.3 is 15.0 Å². The Morgan fingerprint density at radius 2 is 1.65 bits per heavy atom. The van der Waals surface area contributed by atoms with Crippen molar-refractivity contribution in [1.82, 2.24) is 10.2 Å². The first-order chi connectivity index (χ1) is 18.0. The maximum atomic E-state index is 13.8. The molecule has 1 atom stereocenters. The van der Waals surface area contributed by atoms with Crippen LogP contribution in [0.2, 0.25) is 0 Å². The van der Waals surface area contributed by atoms with Crippen LogP contribution in [0.5, 0.6) is 5.75 Å². The minimum absolute atomic E-state index is 0.102. The summed E-state index contributed by atoms with van der Waals surface area (Å²) in [5.41, 5.74) is 3.08. The van der Waals surface area contributed by atoms with Gasteiger partial charge in [0.25, 0.3) is 5.91 Å². The first-order valence-corrected chi connectivity index (χ1v) is 13.8. The summed E-state index contributed by atoms with van der Waals surface area (Å²) in [7, 11) is 0. The minimum Gasteiger partial charge on any atom is -0.484 e. The van der Waals surface area contributed by atoms with Crippen molar-refractivity contribution in [2.45, 2.75) is 64.1 Å². The molecule has 1 N–H and O–H groups in total. The number of halogens is 1. The van der Waals surface area contributed by atoms with Crippen LogP contribution in [0.1, 0.15) is 48.8 Å². The van der Waals surface area contributed by atoms with Gasteiger partial charge in [-0.3, -0.25) is 9.59 Å². The Morgan fingerprint density at radius 1 is 0.946 bits per heavy atom. The third-order valence-electron chi connectivity index (χ3n) is 6.85. The fourth-order valence-corrected chi connectivity index (χ4v) is 5.24. The molecule has 3 aromatic rings. The molecule has 37 heavy (non-hydrogen) atoms. The van der Waals surface area contributed by atoms with E-state index in [0.717, 1.165) is 46.8 Å². The summed E-state index contributed by atoms with van der Waals surface area (Å²) >= 11 is 3.53. The number of aryl methyl sites for hydroxylation is 1. The van der Waals surface area contributed by atoms with Crippen molar-refractivity contribution in [3.63, 3.8) is 0 Å². The Kier molecular flexibility index (Phi) is 9.78. The van der Waals surface area contributed by atoms with Crippen LogP contribution in [0.3, 0.4) is 0 Å². The maximum Gasteiger partial charge on any atom is 0.261 e. The zero-order valence-electron chi connectivity index (χ0n) is 21.4. The SMILES string of the molecule is Cc1ccc(OCC(=O)N(Cc2cccc(Br)c2)C(Cc2ccccc2)C(=O)NC2CCCCC2)cc1. The van der Waals surface area contributed by atoms with Gasteiger partial charge in [0, 0.05) is 23.5 Å². The van der Waals surface area contributed by atoms with E-state index in [1.165, 1.54) is 6.42 Å². The molecule has 6 heteroatoms. The number of carbonyl (C=O) groups is 2. The second-order valence-corrected chi connectivity index (χ2v) is 10.7. The maximum absolute atomic E-state index is 13.8. The van der Waals surface area contributed by atoms with Crippen LogP contribution in [-0.2, 0) is 22.6 Å². The molecular weight excluding hydrogens is 528 g/mol. The molecule has 0 radical (unpaired) electrons. The molecule has 194 valence electrons. The molecule has 2 amide bonds. The van der Waals surface area contributed by atoms with E-state index in [-0.39, 0.29) is 24.5 Å². The van der Waals surface area contributed by atoms with Crippen molar-refractivity contribution in [3.05, 3.63) is 100 Å². The molecular formula is C31H35BrN2O3. The molecule has 1 fully saturated rings. The second kappa shape index (κ2) is 13.4. The van der Waals surface area contributed by atoms with Crippen LogP contribution in [0, 0.1) is 6.92 Å². The fourth-order valence-electron chi connectivity index (χ4n) is 4.79. The molecule has 0 bridgehead atoms. The molecule has 1 saturated carbocycles. The number of hydrogen-bond acceptors (Lipinski definition) is 3. The van der Waals surface area contributed by atoms with E-state index in [2.05, 4.69) is 21.2 Å². The van der Waals surface area contributed by atoms with Crippen LogP contribution >= 0.6 is 15.9 Å². The van der Waals surface area contributed by atoms with Crippen LogP contribution in [0.4, 0.5) is 0 Å². The second-order valence-electron chi connectivity index (χ2n) is 9.80. The molecule has 1 aliphatic carbocycles. The third kappa shape index (κ3) is 8.19. The lowest BCUT2D eigenvalue weighted by Crippen LogP contribution is -2.53. The number of rotatable bonds is 10. The molecule has 4 rings (SSSR count). The van der Waals surface area contributed by atoms with E-state index in [9.17, 15) is 9.59 Å². The number of nitrogens with zero attached hydrogens (tertiary/aromatic N) is 1. The summed E-state index contributed by atoms with van der Waals surface area (Å²) in [5.74, 6) is 0.308. The van der Waals surface area contributed by atoms with E-state index in [1.54, 1.807) is 4.90 Å². The Morgan fingerprint density at radius 3 is 2.35 bits per heavy atom. The van der Waals surface area contributed by atoms with Gasteiger partial charge in [0.05, 0.1) is 0 Å². The quantitative estimate of drug-likeness (QED) is 0.319. The standard InChI is InChI=1S/C31H35BrN2O3/c1-23-15-17-28(18-16-23)37-22-30(35)34(21-25-11-8-12-26(32)19-25)29(20-24-9-4-2-5-10-24)31(36)33-27-13-6-3-7-14-27/h2,4-5,8-12,15-19,27,29H,3,6-7,13-14,20-22H2,1H3,(H,33,36). The summed E-state index contributed by atoms with van der Waals surface area (Å²) in [6.07, 6.45) is 5.87. The van der Waals surface area contributed by atoms with Crippen LogP contribution in [0.15, 0.2) is 83.3 Å². The van der Waals surface area contributed by atoms with E-state index >= 15 is 0 Å². The van der Waals surface area contributed by atoms with E-state index < -0.39 is 6.04 Å². The lowest BCUT2D eigenvalue weighted by molar-refractivity contribution is -0.143. The zero-order valence-corrected chi connectivity index (χ0v) is 23.0. The molecule has 0 heterocycles. The number of hydrogen-bond donors (Lipinski definition) is 1. The van der Waals surface area contributed by atoms with Crippen molar-refractivity contribution in [2.24, 2.45) is 0 Å². The summed E-state index contributed by atoms with van der Waals surface area (Å²) in [4.78, 5) is 29.2. The van der Waals surface area contributed by atoms with Gasteiger partial charge in [0.1, 0.15) is 11.8 Å². The lowest BCUT2D eigenvalue weighted by atomic mass is 9.94. The Balaban J connectivity index is 1.60. The molecule has 0 aliphatic heterocycles. The molecule has 0 aromatic heterocycles. The molecule has 0 saturated heterocycles. The van der Waals surface area contributed by atoms with E-state index in [1.807, 2.05) is 85.8 Å². The highest BCUT2D eigenvalue weighted by Crippen LogP contribution is 2.21. The largest absolute Gasteiger partial charge is 0.484 e. The van der Waals surface area contributed by atoms with Crippen molar-refractivity contribution < 1.29 is 14.3 Å². The van der Waals surface area contributed by atoms with Gasteiger partial charge in [-0.1, -0.05) is 95.4 Å².